The minimum atomic E-state index is 0.135. The minimum Gasteiger partial charge on any atom is -0.244 e. The van der Waals surface area contributed by atoms with Crippen molar-refractivity contribution in [3.8, 4) is 22.5 Å². The van der Waals surface area contributed by atoms with E-state index >= 15 is 0 Å². The average molecular weight is 338 g/mol. The maximum absolute atomic E-state index is 4.95. The summed E-state index contributed by atoms with van der Waals surface area (Å²) < 4.78 is 0. The number of hydrogen-bond donors (Lipinski definition) is 0. The second kappa shape index (κ2) is 6.38. The summed E-state index contributed by atoms with van der Waals surface area (Å²) in [5.74, 6) is 0. The zero-order valence-electron chi connectivity index (χ0n) is 15.4. The Morgan fingerprint density at radius 3 is 1.50 bits per heavy atom. The van der Waals surface area contributed by atoms with Gasteiger partial charge in [-0.15, -0.1) is 0 Å². The van der Waals surface area contributed by atoms with Crippen LogP contribution in [0, 0.1) is 0 Å². The minimum absolute atomic E-state index is 0.135. The monoisotopic (exact) mass is 338 g/mol. The fourth-order valence-electron chi connectivity index (χ4n) is 3.13. The SMILES string of the molecule is CC(C)(C)c1ccc(-c2nc3ccccc3nc2-c2ccccc2)cc1. The second-order valence-electron chi connectivity index (χ2n) is 7.60. The van der Waals surface area contributed by atoms with Gasteiger partial charge in [0, 0.05) is 11.1 Å². The molecule has 0 N–H and O–H groups in total. The number of fused-ring (bicyclic) bond motifs is 1. The lowest BCUT2D eigenvalue weighted by atomic mass is 9.86. The van der Waals surface area contributed by atoms with Crippen molar-refractivity contribution < 1.29 is 0 Å². The largest absolute Gasteiger partial charge is 0.244 e. The van der Waals surface area contributed by atoms with Gasteiger partial charge in [0.25, 0.3) is 0 Å². The van der Waals surface area contributed by atoms with Gasteiger partial charge in [-0.2, -0.15) is 0 Å². The molecule has 2 nitrogen and oxygen atoms in total. The Labute approximate surface area is 154 Å². The molecule has 0 spiro atoms. The highest BCUT2D eigenvalue weighted by Gasteiger charge is 2.16. The van der Waals surface area contributed by atoms with Gasteiger partial charge >= 0.3 is 0 Å². The quantitative estimate of drug-likeness (QED) is 0.431. The summed E-state index contributed by atoms with van der Waals surface area (Å²) in [7, 11) is 0. The molecule has 4 aromatic rings. The molecule has 1 heterocycles. The van der Waals surface area contributed by atoms with Gasteiger partial charge in [0.1, 0.15) is 0 Å². The molecule has 0 bridgehead atoms. The molecule has 0 atom stereocenters. The van der Waals surface area contributed by atoms with Crippen LogP contribution in [0.15, 0.2) is 78.9 Å². The first-order valence-electron chi connectivity index (χ1n) is 8.95. The molecular formula is C24H22N2. The molecule has 0 aliphatic rings. The van der Waals surface area contributed by atoms with E-state index in [1.807, 2.05) is 42.5 Å². The third-order valence-corrected chi connectivity index (χ3v) is 4.64. The zero-order valence-corrected chi connectivity index (χ0v) is 15.4. The van der Waals surface area contributed by atoms with Crippen LogP contribution in [0.3, 0.4) is 0 Å². The van der Waals surface area contributed by atoms with Gasteiger partial charge in [0.2, 0.25) is 0 Å². The summed E-state index contributed by atoms with van der Waals surface area (Å²) in [5, 5.41) is 0. The lowest BCUT2D eigenvalue weighted by molar-refractivity contribution is 0.590. The van der Waals surface area contributed by atoms with E-state index in [1.54, 1.807) is 0 Å². The molecule has 0 aliphatic carbocycles. The Bertz CT molecular complexity index is 1040. The van der Waals surface area contributed by atoms with Crippen LogP contribution in [-0.4, -0.2) is 9.97 Å². The van der Waals surface area contributed by atoms with Crippen LogP contribution in [-0.2, 0) is 5.41 Å². The Kier molecular flexibility index (Phi) is 4.04. The average Bonchev–Trinajstić information content (AvgIpc) is 2.67. The summed E-state index contributed by atoms with van der Waals surface area (Å²) in [5.41, 5.74) is 7.31. The van der Waals surface area contributed by atoms with E-state index < -0.39 is 0 Å². The first-order valence-corrected chi connectivity index (χ1v) is 8.95. The number of hydrogen-bond acceptors (Lipinski definition) is 2. The van der Waals surface area contributed by atoms with Gasteiger partial charge in [-0.3, -0.25) is 0 Å². The first-order chi connectivity index (χ1) is 12.5. The Morgan fingerprint density at radius 1 is 0.538 bits per heavy atom. The predicted molar refractivity (Wildman–Crippen MR) is 109 cm³/mol. The van der Waals surface area contributed by atoms with Crippen molar-refractivity contribution in [3.63, 3.8) is 0 Å². The normalized spacial score (nSPS) is 11.7. The van der Waals surface area contributed by atoms with Crippen molar-refractivity contribution in [2.24, 2.45) is 0 Å². The molecule has 4 rings (SSSR count). The number of aromatic nitrogens is 2. The van der Waals surface area contributed by atoms with Crippen LogP contribution in [0.2, 0.25) is 0 Å². The van der Waals surface area contributed by atoms with Crippen molar-refractivity contribution in [1.82, 2.24) is 9.97 Å². The van der Waals surface area contributed by atoms with E-state index in [9.17, 15) is 0 Å². The van der Waals surface area contributed by atoms with Gasteiger partial charge in [0.15, 0.2) is 0 Å². The standard InChI is InChI=1S/C24H22N2/c1-24(2,3)19-15-13-18(14-16-19)23-22(17-9-5-4-6-10-17)25-20-11-7-8-12-21(20)26-23/h4-16H,1-3H3. The molecule has 0 saturated carbocycles. The lowest BCUT2D eigenvalue weighted by Gasteiger charge is -2.19. The predicted octanol–water partition coefficient (Wildman–Crippen LogP) is 6.26. The van der Waals surface area contributed by atoms with Crippen molar-refractivity contribution in [2.75, 3.05) is 0 Å². The molecule has 1 aromatic heterocycles. The van der Waals surface area contributed by atoms with Crippen LogP contribution >= 0.6 is 0 Å². The van der Waals surface area contributed by atoms with E-state index in [2.05, 4.69) is 57.2 Å². The molecule has 2 heteroatoms. The third kappa shape index (κ3) is 3.11. The molecule has 0 fully saturated rings. The van der Waals surface area contributed by atoms with Crippen LogP contribution in [0.25, 0.3) is 33.5 Å². The van der Waals surface area contributed by atoms with Gasteiger partial charge < -0.3 is 0 Å². The summed E-state index contributed by atoms with van der Waals surface area (Å²) in [6.45, 7) is 6.69. The van der Waals surface area contributed by atoms with Crippen molar-refractivity contribution >= 4 is 11.0 Å². The summed E-state index contributed by atoms with van der Waals surface area (Å²) in [6, 6.07) is 27.0. The fourth-order valence-corrected chi connectivity index (χ4v) is 3.13. The molecule has 0 saturated heterocycles. The summed E-state index contributed by atoms with van der Waals surface area (Å²) in [4.78, 5) is 9.88. The zero-order chi connectivity index (χ0) is 18.1. The number of rotatable bonds is 2. The fraction of sp³-hybridized carbons (Fsp3) is 0.167. The molecule has 3 aromatic carbocycles. The highest BCUT2D eigenvalue weighted by atomic mass is 14.8. The van der Waals surface area contributed by atoms with E-state index in [-0.39, 0.29) is 5.41 Å². The molecule has 0 amide bonds. The molecule has 26 heavy (non-hydrogen) atoms. The summed E-state index contributed by atoms with van der Waals surface area (Å²) in [6.07, 6.45) is 0. The second-order valence-corrected chi connectivity index (χ2v) is 7.60. The van der Waals surface area contributed by atoms with Crippen LogP contribution < -0.4 is 0 Å². The first kappa shape index (κ1) is 16.5. The number of benzene rings is 3. The van der Waals surface area contributed by atoms with Gasteiger partial charge in [-0.1, -0.05) is 87.5 Å². The topological polar surface area (TPSA) is 25.8 Å². The number of nitrogens with zero attached hydrogens (tertiary/aromatic N) is 2. The lowest BCUT2D eigenvalue weighted by Crippen LogP contribution is -2.10. The molecule has 0 aliphatic heterocycles. The highest BCUT2D eigenvalue weighted by molar-refractivity contribution is 5.86. The Hall–Kier alpha value is -3.00. The number of para-hydroxylation sites is 2. The van der Waals surface area contributed by atoms with E-state index in [1.165, 1.54) is 5.56 Å². The van der Waals surface area contributed by atoms with Crippen LogP contribution in [0.1, 0.15) is 26.3 Å². The Balaban J connectivity index is 1.93. The molecule has 128 valence electrons. The summed E-state index contributed by atoms with van der Waals surface area (Å²) >= 11 is 0. The Morgan fingerprint density at radius 2 is 1.00 bits per heavy atom. The van der Waals surface area contributed by atoms with Gasteiger partial charge in [-0.05, 0) is 23.1 Å². The van der Waals surface area contributed by atoms with E-state index in [4.69, 9.17) is 9.97 Å². The van der Waals surface area contributed by atoms with Crippen molar-refractivity contribution in [2.45, 2.75) is 26.2 Å². The van der Waals surface area contributed by atoms with Crippen molar-refractivity contribution in [3.05, 3.63) is 84.4 Å². The molecule has 0 radical (unpaired) electrons. The maximum atomic E-state index is 4.95. The molecule has 0 unspecified atom stereocenters. The van der Waals surface area contributed by atoms with E-state index in [0.29, 0.717) is 0 Å². The van der Waals surface area contributed by atoms with Crippen LogP contribution in [0.4, 0.5) is 0 Å². The maximum Gasteiger partial charge on any atom is 0.0973 e. The smallest absolute Gasteiger partial charge is 0.0973 e. The van der Waals surface area contributed by atoms with E-state index in [0.717, 1.165) is 33.5 Å². The van der Waals surface area contributed by atoms with Gasteiger partial charge in [-0.25, -0.2) is 9.97 Å². The van der Waals surface area contributed by atoms with Crippen molar-refractivity contribution in [1.29, 1.82) is 0 Å². The molecular weight excluding hydrogens is 316 g/mol. The third-order valence-electron chi connectivity index (χ3n) is 4.64. The highest BCUT2D eigenvalue weighted by Crippen LogP contribution is 2.32. The van der Waals surface area contributed by atoms with Crippen LogP contribution in [0.5, 0.6) is 0 Å². The van der Waals surface area contributed by atoms with Gasteiger partial charge in [0.05, 0.1) is 22.4 Å².